The first kappa shape index (κ1) is 16.2. The highest BCUT2D eigenvalue weighted by Crippen LogP contribution is 2.08. The number of rotatable bonds is 10. The van der Waals surface area contributed by atoms with E-state index < -0.39 is 0 Å². The lowest BCUT2D eigenvalue weighted by molar-refractivity contribution is -0.139. The minimum absolute atomic E-state index is 0.171. The van der Waals surface area contributed by atoms with Gasteiger partial charge < -0.3 is 4.74 Å². The Morgan fingerprint density at radius 2 is 1.53 bits per heavy atom. The highest BCUT2D eigenvalue weighted by Gasteiger charge is 2.03. The third-order valence-electron chi connectivity index (χ3n) is 2.99. The Kier molecular flexibility index (Phi) is 11.1. The molecular formula is C15H28O2. The lowest BCUT2D eigenvalue weighted by atomic mass is 10.1. The number of unbranched alkanes of at least 4 members (excludes halogenated alkanes) is 7. The third-order valence-corrected chi connectivity index (χ3v) is 2.99. The van der Waals surface area contributed by atoms with Crippen molar-refractivity contribution in [2.75, 3.05) is 6.61 Å². The Labute approximate surface area is 106 Å². The molecule has 0 saturated carbocycles. The van der Waals surface area contributed by atoms with Gasteiger partial charge >= 0.3 is 5.97 Å². The van der Waals surface area contributed by atoms with Gasteiger partial charge in [-0.3, -0.25) is 0 Å². The molecule has 0 atom stereocenters. The van der Waals surface area contributed by atoms with Crippen molar-refractivity contribution in [1.29, 1.82) is 0 Å². The minimum Gasteiger partial charge on any atom is -0.462 e. The second kappa shape index (κ2) is 11.7. The van der Waals surface area contributed by atoms with E-state index in [0.29, 0.717) is 12.2 Å². The molecule has 2 heteroatoms. The van der Waals surface area contributed by atoms with E-state index >= 15 is 0 Å². The van der Waals surface area contributed by atoms with Crippen LogP contribution in [0.2, 0.25) is 0 Å². The van der Waals surface area contributed by atoms with Crippen molar-refractivity contribution in [3.63, 3.8) is 0 Å². The normalized spacial score (nSPS) is 11.6. The minimum atomic E-state index is -0.171. The molecule has 0 bridgehead atoms. The van der Waals surface area contributed by atoms with Crippen molar-refractivity contribution < 1.29 is 9.53 Å². The fourth-order valence-electron chi connectivity index (χ4n) is 1.63. The topological polar surface area (TPSA) is 26.3 Å². The summed E-state index contributed by atoms with van der Waals surface area (Å²) in [7, 11) is 0. The standard InChI is InChI=1S/C15H28O2/c1-4-6-7-8-9-10-11-12-13-17-15(16)14(3)5-2/h5H,4,6-13H2,1-3H3/b14-5+. The largest absolute Gasteiger partial charge is 0.462 e. The van der Waals surface area contributed by atoms with Gasteiger partial charge in [-0.1, -0.05) is 57.9 Å². The molecule has 0 N–H and O–H groups in total. The molecular weight excluding hydrogens is 212 g/mol. The quantitative estimate of drug-likeness (QED) is 0.316. The fourth-order valence-corrected chi connectivity index (χ4v) is 1.63. The van der Waals surface area contributed by atoms with E-state index in [9.17, 15) is 4.79 Å². The predicted molar refractivity (Wildman–Crippen MR) is 73.0 cm³/mol. The third kappa shape index (κ3) is 10.1. The maximum atomic E-state index is 11.3. The molecule has 2 nitrogen and oxygen atoms in total. The van der Waals surface area contributed by atoms with Crippen LogP contribution in [-0.4, -0.2) is 12.6 Å². The van der Waals surface area contributed by atoms with Crippen LogP contribution in [0.3, 0.4) is 0 Å². The average molecular weight is 240 g/mol. The lowest BCUT2D eigenvalue weighted by Crippen LogP contribution is -2.06. The molecule has 0 amide bonds. The van der Waals surface area contributed by atoms with Crippen LogP contribution < -0.4 is 0 Å². The van der Waals surface area contributed by atoms with E-state index in [1.807, 2.05) is 6.92 Å². The van der Waals surface area contributed by atoms with E-state index in [-0.39, 0.29) is 5.97 Å². The Hall–Kier alpha value is -0.790. The first-order valence-electron chi connectivity index (χ1n) is 7.02. The monoisotopic (exact) mass is 240 g/mol. The summed E-state index contributed by atoms with van der Waals surface area (Å²) in [4.78, 5) is 11.3. The Balaban J connectivity index is 3.21. The second-order valence-electron chi connectivity index (χ2n) is 4.58. The zero-order chi connectivity index (χ0) is 12.9. The molecule has 0 radical (unpaired) electrons. The highest BCUT2D eigenvalue weighted by molar-refractivity contribution is 5.87. The summed E-state index contributed by atoms with van der Waals surface area (Å²) >= 11 is 0. The number of carbonyl (C=O) groups is 1. The van der Waals surface area contributed by atoms with Gasteiger partial charge in [-0.05, 0) is 20.3 Å². The fraction of sp³-hybridized carbons (Fsp3) is 0.800. The molecule has 17 heavy (non-hydrogen) atoms. The van der Waals surface area contributed by atoms with Crippen LogP contribution in [0.15, 0.2) is 11.6 Å². The smallest absolute Gasteiger partial charge is 0.333 e. The van der Waals surface area contributed by atoms with Crippen LogP contribution in [0.1, 0.15) is 72.1 Å². The van der Waals surface area contributed by atoms with E-state index in [1.54, 1.807) is 13.0 Å². The van der Waals surface area contributed by atoms with Gasteiger partial charge in [0.1, 0.15) is 0 Å². The number of carbonyl (C=O) groups excluding carboxylic acids is 1. The van der Waals surface area contributed by atoms with Crippen LogP contribution in [0.4, 0.5) is 0 Å². The van der Waals surface area contributed by atoms with Crippen molar-refractivity contribution in [2.24, 2.45) is 0 Å². The van der Waals surface area contributed by atoms with Crippen molar-refractivity contribution in [3.05, 3.63) is 11.6 Å². The molecule has 0 fully saturated rings. The molecule has 0 saturated heterocycles. The van der Waals surface area contributed by atoms with Crippen LogP contribution in [0.5, 0.6) is 0 Å². The molecule has 0 heterocycles. The van der Waals surface area contributed by atoms with Gasteiger partial charge in [0, 0.05) is 5.57 Å². The first-order valence-corrected chi connectivity index (χ1v) is 7.02. The van der Waals surface area contributed by atoms with E-state index in [0.717, 1.165) is 6.42 Å². The van der Waals surface area contributed by atoms with E-state index in [4.69, 9.17) is 4.74 Å². The zero-order valence-electron chi connectivity index (χ0n) is 11.8. The molecule has 0 unspecified atom stereocenters. The van der Waals surface area contributed by atoms with Crippen molar-refractivity contribution in [3.8, 4) is 0 Å². The highest BCUT2D eigenvalue weighted by atomic mass is 16.5. The van der Waals surface area contributed by atoms with E-state index in [2.05, 4.69) is 6.92 Å². The van der Waals surface area contributed by atoms with Crippen LogP contribution in [-0.2, 0) is 9.53 Å². The average Bonchev–Trinajstić information content (AvgIpc) is 2.35. The Morgan fingerprint density at radius 1 is 1.00 bits per heavy atom. The van der Waals surface area contributed by atoms with Crippen LogP contribution >= 0.6 is 0 Å². The summed E-state index contributed by atoms with van der Waals surface area (Å²) in [5.74, 6) is -0.171. The predicted octanol–water partition coefficient (Wildman–Crippen LogP) is 4.64. The summed E-state index contributed by atoms with van der Waals surface area (Å²) in [5, 5.41) is 0. The summed E-state index contributed by atoms with van der Waals surface area (Å²) in [6, 6.07) is 0. The molecule has 100 valence electrons. The first-order chi connectivity index (χ1) is 8.22. The van der Waals surface area contributed by atoms with Crippen molar-refractivity contribution in [2.45, 2.75) is 72.1 Å². The molecule has 0 spiro atoms. The number of hydrogen-bond donors (Lipinski definition) is 0. The molecule has 0 aromatic rings. The Morgan fingerprint density at radius 3 is 2.06 bits per heavy atom. The maximum absolute atomic E-state index is 11.3. The van der Waals surface area contributed by atoms with Gasteiger partial charge in [0.25, 0.3) is 0 Å². The maximum Gasteiger partial charge on any atom is 0.333 e. The number of hydrogen-bond acceptors (Lipinski definition) is 2. The summed E-state index contributed by atoms with van der Waals surface area (Å²) in [6.07, 6.45) is 11.9. The molecule has 0 aliphatic carbocycles. The molecule has 0 aromatic carbocycles. The van der Waals surface area contributed by atoms with Gasteiger partial charge in [-0.25, -0.2) is 4.79 Å². The van der Waals surface area contributed by atoms with Gasteiger partial charge in [0.2, 0.25) is 0 Å². The van der Waals surface area contributed by atoms with Gasteiger partial charge in [-0.15, -0.1) is 0 Å². The molecule has 0 rings (SSSR count). The SMILES string of the molecule is C/C=C(\C)C(=O)OCCCCCCCCCC. The van der Waals surface area contributed by atoms with Crippen molar-refractivity contribution in [1.82, 2.24) is 0 Å². The van der Waals surface area contributed by atoms with Crippen LogP contribution in [0.25, 0.3) is 0 Å². The van der Waals surface area contributed by atoms with Crippen LogP contribution in [0, 0.1) is 0 Å². The Bertz CT molecular complexity index is 219. The van der Waals surface area contributed by atoms with Crippen molar-refractivity contribution >= 4 is 5.97 Å². The number of ether oxygens (including phenoxy) is 1. The molecule has 0 aliphatic rings. The van der Waals surface area contributed by atoms with Gasteiger partial charge in [0.15, 0.2) is 0 Å². The summed E-state index contributed by atoms with van der Waals surface area (Å²) < 4.78 is 5.13. The summed E-state index contributed by atoms with van der Waals surface area (Å²) in [5.41, 5.74) is 0.699. The molecule has 0 aliphatic heterocycles. The van der Waals surface area contributed by atoms with E-state index in [1.165, 1.54) is 44.9 Å². The number of allylic oxidation sites excluding steroid dienone is 1. The number of esters is 1. The summed E-state index contributed by atoms with van der Waals surface area (Å²) in [6.45, 7) is 6.45. The molecule has 0 aromatic heterocycles. The zero-order valence-corrected chi connectivity index (χ0v) is 11.8. The lowest BCUT2D eigenvalue weighted by Gasteiger charge is -2.04. The van der Waals surface area contributed by atoms with Gasteiger partial charge in [-0.2, -0.15) is 0 Å². The second-order valence-corrected chi connectivity index (χ2v) is 4.58. The van der Waals surface area contributed by atoms with Gasteiger partial charge in [0.05, 0.1) is 6.61 Å².